The largest absolute Gasteiger partial charge is 0.381 e. The van der Waals surface area contributed by atoms with E-state index in [0.29, 0.717) is 22.5 Å². The van der Waals surface area contributed by atoms with Crippen LogP contribution in [0.15, 0.2) is 47.3 Å². The van der Waals surface area contributed by atoms with Crippen LogP contribution < -0.4 is 10.9 Å². The quantitative estimate of drug-likeness (QED) is 0.778. The Labute approximate surface area is 126 Å². The lowest BCUT2D eigenvalue weighted by Gasteiger charge is -2.08. The summed E-state index contributed by atoms with van der Waals surface area (Å²) in [6, 6.07) is 13.8. The first-order valence-electron chi connectivity index (χ1n) is 6.61. The van der Waals surface area contributed by atoms with Crippen molar-refractivity contribution < 1.29 is 0 Å². The molecule has 5 heteroatoms. The molecule has 0 aliphatic rings. The van der Waals surface area contributed by atoms with E-state index < -0.39 is 0 Å². The fourth-order valence-electron chi connectivity index (χ4n) is 2.27. The lowest BCUT2D eigenvalue weighted by molar-refractivity contribution is 1.01. The third-order valence-electron chi connectivity index (χ3n) is 3.32. The zero-order valence-electron chi connectivity index (χ0n) is 11.5. The number of rotatable bonds is 3. The average Bonchev–Trinajstić information content (AvgIpc) is 2.49. The molecule has 0 aliphatic carbocycles. The average molecular weight is 300 g/mol. The molecule has 0 saturated carbocycles. The van der Waals surface area contributed by atoms with Gasteiger partial charge in [-0.05, 0) is 30.7 Å². The van der Waals surface area contributed by atoms with Gasteiger partial charge in [-0.3, -0.25) is 4.79 Å². The molecule has 0 atom stereocenters. The molecule has 2 aromatic carbocycles. The standard InChI is InChI=1S/C16H14ClN3O/c1-10-3-2-4-11(7-10)9-18-12-5-6-13-14(8-12)16(21)20-19-15(13)17/h2-8,18H,9H2,1H3,(H,20,21). The number of nitrogens with zero attached hydrogens (tertiary/aromatic N) is 1. The van der Waals surface area contributed by atoms with Crippen LogP contribution >= 0.6 is 11.6 Å². The minimum absolute atomic E-state index is 0.242. The van der Waals surface area contributed by atoms with E-state index in [4.69, 9.17) is 11.6 Å². The Morgan fingerprint density at radius 2 is 2.05 bits per heavy atom. The number of nitrogens with one attached hydrogen (secondary N) is 2. The number of aryl methyl sites for hydroxylation is 1. The van der Waals surface area contributed by atoms with E-state index >= 15 is 0 Å². The van der Waals surface area contributed by atoms with Crippen molar-refractivity contribution in [2.75, 3.05) is 5.32 Å². The second kappa shape index (κ2) is 5.58. The predicted molar refractivity (Wildman–Crippen MR) is 85.9 cm³/mol. The number of fused-ring (bicyclic) bond motifs is 1. The Morgan fingerprint density at radius 1 is 1.19 bits per heavy atom. The molecule has 0 spiro atoms. The fourth-order valence-corrected chi connectivity index (χ4v) is 2.48. The Balaban J connectivity index is 1.88. The smallest absolute Gasteiger partial charge is 0.272 e. The van der Waals surface area contributed by atoms with Gasteiger partial charge in [-0.2, -0.15) is 5.10 Å². The lowest BCUT2D eigenvalue weighted by Crippen LogP contribution is -2.09. The summed E-state index contributed by atoms with van der Waals surface area (Å²) in [4.78, 5) is 11.8. The molecule has 0 amide bonds. The number of hydrogen-bond acceptors (Lipinski definition) is 3. The van der Waals surface area contributed by atoms with Gasteiger partial charge in [0.15, 0.2) is 5.15 Å². The van der Waals surface area contributed by atoms with Crippen molar-refractivity contribution in [2.45, 2.75) is 13.5 Å². The highest BCUT2D eigenvalue weighted by Crippen LogP contribution is 2.21. The normalized spacial score (nSPS) is 10.8. The first-order chi connectivity index (χ1) is 10.1. The van der Waals surface area contributed by atoms with E-state index in [1.807, 2.05) is 12.1 Å². The molecule has 106 valence electrons. The van der Waals surface area contributed by atoms with Crippen LogP contribution in [0, 0.1) is 6.92 Å². The van der Waals surface area contributed by atoms with Gasteiger partial charge < -0.3 is 5.32 Å². The topological polar surface area (TPSA) is 57.8 Å². The van der Waals surface area contributed by atoms with Gasteiger partial charge in [0.25, 0.3) is 5.56 Å². The first kappa shape index (κ1) is 13.6. The highest BCUT2D eigenvalue weighted by atomic mass is 35.5. The second-order valence-corrected chi connectivity index (χ2v) is 5.30. The number of halogens is 1. The zero-order valence-corrected chi connectivity index (χ0v) is 12.2. The van der Waals surface area contributed by atoms with Crippen molar-refractivity contribution in [1.82, 2.24) is 10.2 Å². The molecule has 0 saturated heterocycles. The van der Waals surface area contributed by atoms with Crippen molar-refractivity contribution >= 4 is 28.1 Å². The van der Waals surface area contributed by atoms with Crippen LogP contribution in [0.4, 0.5) is 5.69 Å². The van der Waals surface area contributed by atoms with E-state index in [0.717, 1.165) is 5.69 Å². The van der Waals surface area contributed by atoms with E-state index in [1.54, 1.807) is 12.1 Å². The van der Waals surface area contributed by atoms with Gasteiger partial charge >= 0.3 is 0 Å². The third-order valence-corrected chi connectivity index (χ3v) is 3.61. The molecule has 1 aromatic heterocycles. The number of hydrogen-bond donors (Lipinski definition) is 2. The molecular formula is C16H14ClN3O. The van der Waals surface area contributed by atoms with Gasteiger partial charge in [-0.25, -0.2) is 5.10 Å². The summed E-state index contributed by atoms with van der Waals surface area (Å²) >= 11 is 5.97. The minimum Gasteiger partial charge on any atom is -0.381 e. The van der Waals surface area contributed by atoms with Crippen molar-refractivity contribution in [3.8, 4) is 0 Å². The van der Waals surface area contributed by atoms with Crippen LogP contribution in [0.2, 0.25) is 5.15 Å². The van der Waals surface area contributed by atoms with Crippen LogP contribution in [-0.4, -0.2) is 10.2 Å². The SMILES string of the molecule is Cc1cccc(CNc2ccc3c(Cl)n[nH]c(=O)c3c2)c1. The molecule has 0 fully saturated rings. The van der Waals surface area contributed by atoms with Crippen LogP contribution in [0.25, 0.3) is 10.8 Å². The Morgan fingerprint density at radius 3 is 2.86 bits per heavy atom. The van der Waals surface area contributed by atoms with Crippen molar-refractivity contribution in [1.29, 1.82) is 0 Å². The van der Waals surface area contributed by atoms with E-state index in [9.17, 15) is 4.79 Å². The van der Waals surface area contributed by atoms with Crippen molar-refractivity contribution in [2.24, 2.45) is 0 Å². The van der Waals surface area contributed by atoms with Gasteiger partial charge in [0.05, 0.1) is 5.39 Å². The van der Waals surface area contributed by atoms with Crippen LogP contribution in [-0.2, 0) is 6.54 Å². The molecule has 0 unspecified atom stereocenters. The lowest BCUT2D eigenvalue weighted by atomic mass is 10.1. The van der Waals surface area contributed by atoms with Gasteiger partial charge in [0, 0.05) is 17.6 Å². The molecule has 3 rings (SSSR count). The molecule has 2 N–H and O–H groups in total. The Kier molecular flexibility index (Phi) is 3.62. The third kappa shape index (κ3) is 2.90. The summed E-state index contributed by atoms with van der Waals surface area (Å²) in [5.41, 5.74) is 3.05. The fraction of sp³-hybridized carbons (Fsp3) is 0.125. The molecule has 0 radical (unpaired) electrons. The summed E-state index contributed by atoms with van der Waals surface area (Å²) in [6.07, 6.45) is 0. The molecule has 4 nitrogen and oxygen atoms in total. The maximum Gasteiger partial charge on any atom is 0.272 e. The van der Waals surface area contributed by atoms with Crippen molar-refractivity contribution in [3.05, 3.63) is 69.1 Å². The van der Waals surface area contributed by atoms with Crippen LogP contribution in [0.3, 0.4) is 0 Å². The van der Waals surface area contributed by atoms with Crippen molar-refractivity contribution in [3.63, 3.8) is 0 Å². The first-order valence-corrected chi connectivity index (χ1v) is 6.98. The predicted octanol–water partition coefficient (Wildman–Crippen LogP) is 3.50. The Hall–Kier alpha value is -2.33. The second-order valence-electron chi connectivity index (χ2n) is 4.95. The number of anilines is 1. The van der Waals surface area contributed by atoms with E-state index in [2.05, 4.69) is 40.6 Å². The van der Waals surface area contributed by atoms with Gasteiger partial charge in [-0.15, -0.1) is 0 Å². The summed E-state index contributed by atoms with van der Waals surface area (Å²) in [6.45, 7) is 2.76. The number of benzene rings is 2. The molecular weight excluding hydrogens is 286 g/mol. The minimum atomic E-state index is -0.242. The maximum atomic E-state index is 11.8. The number of H-pyrrole nitrogens is 1. The van der Waals surface area contributed by atoms with E-state index in [1.165, 1.54) is 11.1 Å². The zero-order chi connectivity index (χ0) is 14.8. The highest BCUT2D eigenvalue weighted by Gasteiger charge is 2.05. The van der Waals surface area contributed by atoms with Gasteiger partial charge in [0.1, 0.15) is 0 Å². The molecule has 0 bridgehead atoms. The number of aromatic nitrogens is 2. The Bertz CT molecular complexity index is 858. The summed E-state index contributed by atoms with van der Waals surface area (Å²) < 4.78 is 0. The molecule has 0 aliphatic heterocycles. The van der Waals surface area contributed by atoms with Gasteiger partial charge in [0.2, 0.25) is 0 Å². The molecule has 3 aromatic rings. The number of aromatic amines is 1. The summed E-state index contributed by atoms with van der Waals surface area (Å²) in [7, 11) is 0. The maximum absolute atomic E-state index is 11.8. The van der Waals surface area contributed by atoms with Gasteiger partial charge in [-0.1, -0.05) is 41.4 Å². The van der Waals surface area contributed by atoms with E-state index in [-0.39, 0.29) is 5.56 Å². The molecule has 21 heavy (non-hydrogen) atoms. The monoisotopic (exact) mass is 299 g/mol. The summed E-state index contributed by atoms with van der Waals surface area (Å²) in [5.74, 6) is 0. The highest BCUT2D eigenvalue weighted by molar-refractivity contribution is 6.34. The molecule has 1 heterocycles. The summed E-state index contributed by atoms with van der Waals surface area (Å²) in [5, 5.41) is 10.9. The van der Waals surface area contributed by atoms with Crippen LogP contribution in [0.5, 0.6) is 0 Å². The van der Waals surface area contributed by atoms with Crippen LogP contribution in [0.1, 0.15) is 11.1 Å².